The van der Waals surface area contributed by atoms with E-state index in [-0.39, 0.29) is 40.0 Å². The summed E-state index contributed by atoms with van der Waals surface area (Å²) in [5.41, 5.74) is -1.48. The van der Waals surface area contributed by atoms with E-state index in [4.69, 9.17) is 4.74 Å². The number of aliphatic hydroxyl groups excluding tert-OH is 1. The summed E-state index contributed by atoms with van der Waals surface area (Å²) < 4.78 is 19.7. The second-order valence-corrected chi connectivity index (χ2v) is 15.5. The molecular weight excluding hydrogens is 486 g/mol. The van der Waals surface area contributed by atoms with Crippen molar-refractivity contribution in [2.45, 2.75) is 115 Å². The highest BCUT2D eigenvalue weighted by Gasteiger charge is 2.68. The molecule has 2 aliphatic heterocycles. The Balaban J connectivity index is 1.42. The van der Waals surface area contributed by atoms with Crippen LogP contribution in [0.25, 0.3) is 0 Å². The number of carbonyl (C=O) groups is 2. The van der Waals surface area contributed by atoms with Gasteiger partial charge < -0.3 is 14.7 Å². The van der Waals surface area contributed by atoms with E-state index in [0.29, 0.717) is 24.9 Å². The van der Waals surface area contributed by atoms with Gasteiger partial charge in [-0.3, -0.25) is 13.8 Å². The maximum Gasteiger partial charge on any atom is 0.318 e. The molecule has 5 fully saturated rings. The van der Waals surface area contributed by atoms with Crippen molar-refractivity contribution in [2.75, 3.05) is 12.8 Å². The van der Waals surface area contributed by atoms with Crippen molar-refractivity contribution in [1.29, 1.82) is 0 Å². The van der Waals surface area contributed by atoms with Crippen LogP contribution in [0.3, 0.4) is 0 Å². The number of fused-ring (bicyclic) bond motifs is 2. The summed E-state index contributed by atoms with van der Waals surface area (Å²) in [6, 6.07) is 0.934. The Labute approximate surface area is 225 Å². The van der Waals surface area contributed by atoms with Crippen molar-refractivity contribution >= 4 is 22.6 Å². The summed E-state index contributed by atoms with van der Waals surface area (Å²) in [6.45, 7) is 12.5. The number of ketones is 1. The molecule has 3 aliphatic carbocycles. The maximum atomic E-state index is 13.5. The average Bonchev–Trinajstić information content (AvgIpc) is 3.29. The molecule has 12 atom stereocenters. The van der Waals surface area contributed by atoms with E-state index in [2.05, 4.69) is 39.3 Å². The first kappa shape index (κ1) is 27.5. The standard InChI is InChI=1S/C30H47NO5S/c1-7-28(4)16-24(36-25(33)17-37(35)22-14-20-8-9-21(15-22)31(20)6)29(5)18(2)10-12-30(19(3)27(28)34)13-11-23(32)26(29)30/h7,18-22,24,26-27,34H,1,8-17H2,2-6H3/t18-,19+,20-,21+,22?,24-,26+,27+,28-,29+,30+,37?/m1/s1. The fraction of sp³-hybridized carbons (Fsp3) is 0.867. The van der Waals surface area contributed by atoms with Crippen LogP contribution in [0.1, 0.15) is 85.5 Å². The number of ether oxygens (including phenoxy) is 1. The monoisotopic (exact) mass is 533 g/mol. The van der Waals surface area contributed by atoms with Gasteiger partial charge in [-0.2, -0.15) is 0 Å². The molecule has 0 aromatic rings. The predicted octanol–water partition coefficient (Wildman–Crippen LogP) is 4.27. The predicted molar refractivity (Wildman–Crippen MR) is 145 cm³/mol. The fourth-order valence-electron chi connectivity index (χ4n) is 9.50. The SMILES string of the molecule is C=C[C@]1(C)C[C@@H](OC(=O)CS(=O)C2C[C@H]3CC[C@@H](C2)N3C)[C@]2(C)[C@H](C)CC[C@]3(CCC(=O)[C@H]32)[C@@H](C)[C@@H]1O. The molecule has 0 aromatic carbocycles. The van der Waals surface area contributed by atoms with E-state index in [1.165, 1.54) is 0 Å². The van der Waals surface area contributed by atoms with Crippen molar-refractivity contribution in [3.8, 4) is 0 Å². The molecule has 0 spiro atoms. The third-order valence-electron chi connectivity index (χ3n) is 12.3. The van der Waals surface area contributed by atoms with Gasteiger partial charge in [-0.15, -0.1) is 6.58 Å². The van der Waals surface area contributed by atoms with Gasteiger partial charge >= 0.3 is 5.97 Å². The highest BCUT2D eigenvalue weighted by atomic mass is 32.2. The van der Waals surface area contributed by atoms with Crippen LogP contribution in [0.2, 0.25) is 0 Å². The summed E-state index contributed by atoms with van der Waals surface area (Å²) >= 11 is 0. The smallest absolute Gasteiger partial charge is 0.318 e. The highest BCUT2D eigenvalue weighted by Crippen LogP contribution is 2.68. The summed E-state index contributed by atoms with van der Waals surface area (Å²) in [5, 5.41) is 11.7. The van der Waals surface area contributed by atoms with Crippen molar-refractivity contribution < 1.29 is 23.6 Å². The van der Waals surface area contributed by atoms with Gasteiger partial charge in [0.1, 0.15) is 17.6 Å². The van der Waals surface area contributed by atoms with Crippen molar-refractivity contribution in [3.05, 3.63) is 12.7 Å². The first-order valence-electron chi connectivity index (χ1n) is 14.5. The van der Waals surface area contributed by atoms with Crippen molar-refractivity contribution in [3.63, 3.8) is 0 Å². The molecule has 4 bridgehead atoms. The second-order valence-electron chi connectivity index (χ2n) is 13.7. The summed E-state index contributed by atoms with van der Waals surface area (Å²) in [5.74, 6) is -0.376. The number of nitrogens with zero attached hydrogens (tertiary/aromatic N) is 1. The molecule has 37 heavy (non-hydrogen) atoms. The molecule has 2 unspecified atom stereocenters. The van der Waals surface area contributed by atoms with Gasteiger partial charge in [0.05, 0.1) is 6.10 Å². The molecule has 0 radical (unpaired) electrons. The summed E-state index contributed by atoms with van der Waals surface area (Å²) in [7, 11) is 0.881. The number of carbonyl (C=O) groups excluding carboxylic acids is 2. The molecule has 3 saturated carbocycles. The lowest BCUT2D eigenvalue weighted by Gasteiger charge is -2.61. The third-order valence-corrected chi connectivity index (χ3v) is 13.9. The minimum Gasteiger partial charge on any atom is -0.461 e. The fourth-order valence-corrected chi connectivity index (χ4v) is 10.9. The van der Waals surface area contributed by atoms with Crippen LogP contribution in [-0.2, 0) is 25.1 Å². The van der Waals surface area contributed by atoms with E-state index >= 15 is 0 Å². The lowest BCUT2D eigenvalue weighted by atomic mass is 9.44. The van der Waals surface area contributed by atoms with E-state index in [0.717, 1.165) is 44.9 Å². The zero-order valence-electron chi connectivity index (χ0n) is 23.4. The lowest BCUT2D eigenvalue weighted by molar-refractivity contribution is -0.205. The van der Waals surface area contributed by atoms with Crippen molar-refractivity contribution in [1.82, 2.24) is 4.90 Å². The molecule has 2 saturated heterocycles. The Hall–Kier alpha value is -1.05. The molecule has 0 amide bonds. The summed E-state index contributed by atoms with van der Waals surface area (Å²) in [4.78, 5) is 29.4. The van der Waals surface area contributed by atoms with Gasteiger partial charge in [-0.1, -0.05) is 33.8 Å². The van der Waals surface area contributed by atoms with Crippen LogP contribution in [0.5, 0.6) is 0 Å². The molecule has 2 heterocycles. The zero-order chi connectivity index (χ0) is 26.9. The van der Waals surface area contributed by atoms with Gasteiger partial charge in [0.25, 0.3) is 0 Å². The van der Waals surface area contributed by atoms with E-state index in [1.54, 1.807) is 0 Å². The molecule has 6 nitrogen and oxygen atoms in total. The van der Waals surface area contributed by atoms with Crippen LogP contribution in [0.4, 0.5) is 0 Å². The first-order chi connectivity index (χ1) is 17.4. The number of Topliss-reactive ketones (excluding diaryl/α,β-unsaturated/α-hetero) is 1. The van der Waals surface area contributed by atoms with Gasteiger partial charge in [0.15, 0.2) is 0 Å². The second kappa shape index (κ2) is 9.55. The molecule has 5 aliphatic rings. The van der Waals surface area contributed by atoms with Crippen LogP contribution in [0, 0.1) is 34.0 Å². The molecular formula is C30H47NO5S. The largest absolute Gasteiger partial charge is 0.461 e. The van der Waals surface area contributed by atoms with Crippen LogP contribution >= 0.6 is 0 Å². The van der Waals surface area contributed by atoms with Gasteiger partial charge in [-0.05, 0) is 75.7 Å². The molecule has 7 heteroatoms. The number of esters is 1. The van der Waals surface area contributed by atoms with Crippen LogP contribution in [-0.4, -0.2) is 68.3 Å². The van der Waals surface area contributed by atoms with Crippen molar-refractivity contribution in [2.24, 2.45) is 34.0 Å². The number of piperidine rings is 1. The molecule has 1 N–H and O–H groups in total. The Morgan fingerprint density at radius 2 is 1.84 bits per heavy atom. The minimum atomic E-state index is -1.28. The van der Waals surface area contributed by atoms with E-state index in [1.807, 2.05) is 13.0 Å². The number of hydrogen-bond acceptors (Lipinski definition) is 6. The molecule has 5 rings (SSSR count). The first-order valence-corrected chi connectivity index (χ1v) is 15.9. The van der Waals surface area contributed by atoms with Gasteiger partial charge in [0.2, 0.25) is 0 Å². The Morgan fingerprint density at radius 1 is 1.19 bits per heavy atom. The van der Waals surface area contributed by atoms with E-state index in [9.17, 15) is 18.9 Å². The minimum absolute atomic E-state index is 0.0351. The van der Waals surface area contributed by atoms with Crippen LogP contribution in [0.15, 0.2) is 12.7 Å². The Bertz CT molecular complexity index is 971. The normalized spacial score (nSPS) is 50.6. The highest BCUT2D eigenvalue weighted by molar-refractivity contribution is 7.86. The number of rotatable bonds is 5. The topological polar surface area (TPSA) is 83.9 Å². The Kier molecular flexibility index (Phi) is 7.10. The number of hydrogen-bond donors (Lipinski definition) is 1. The van der Waals surface area contributed by atoms with Gasteiger partial charge in [-0.25, -0.2) is 0 Å². The molecule has 208 valence electrons. The molecule has 0 aromatic heterocycles. The van der Waals surface area contributed by atoms with Crippen LogP contribution < -0.4 is 0 Å². The Morgan fingerprint density at radius 3 is 2.46 bits per heavy atom. The average molecular weight is 534 g/mol. The quantitative estimate of drug-likeness (QED) is 0.420. The van der Waals surface area contributed by atoms with Gasteiger partial charge in [0, 0.05) is 51.3 Å². The lowest BCUT2D eigenvalue weighted by Crippen LogP contribution is -2.63. The zero-order valence-corrected chi connectivity index (χ0v) is 24.2. The number of aliphatic hydroxyl groups is 1. The van der Waals surface area contributed by atoms with E-state index < -0.39 is 39.8 Å². The third kappa shape index (κ3) is 4.12. The summed E-state index contributed by atoms with van der Waals surface area (Å²) in [6.07, 6.45) is 8.23. The maximum absolute atomic E-state index is 13.5.